The number of hydrazone groups is 1. The Kier molecular flexibility index (Phi) is 4.61. The van der Waals surface area contributed by atoms with E-state index in [1.165, 1.54) is 4.68 Å². The summed E-state index contributed by atoms with van der Waals surface area (Å²) >= 11 is 0. The molecule has 1 amide bonds. The zero-order valence-corrected chi connectivity index (χ0v) is 12.7. The number of rotatable bonds is 4. The SMILES string of the molecule is O=C(Cn1nnc2ccccc21)N/N=C/c1c(F)c(F)c(F)c(F)c1F. The molecular formula is C15H8F5N5O. The van der Waals surface area contributed by atoms with Crippen molar-refractivity contribution in [3.63, 3.8) is 0 Å². The van der Waals surface area contributed by atoms with Crippen molar-refractivity contribution in [2.45, 2.75) is 6.54 Å². The number of aromatic nitrogens is 3. The number of para-hydroxylation sites is 1. The van der Waals surface area contributed by atoms with Gasteiger partial charge in [0.2, 0.25) is 5.82 Å². The Bertz CT molecular complexity index is 1000. The van der Waals surface area contributed by atoms with E-state index in [9.17, 15) is 26.7 Å². The first-order valence-corrected chi connectivity index (χ1v) is 7.01. The van der Waals surface area contributed by atoms with E-state index < -0.39 is 40.6 Å². The van der Waals surface area contributed by atoms with Gasteiger partial charge in [-0.1, -0.05) is 17.3 Å². The third-order valence-electron chi connectivity index (χ3n) is 3.34. The van der Waals surface area contributed by atoms with E-state index in [0.717, 1.165) is 0 Å². The summed E-state index contributed by atoms with van der Waals surface area (Å²) < 4.78 is 67.2. The molecule has 0 aliphatic heterocycles. The number of carbonyl (C=O) groups excluding carboxylic acids is 1. The monoisotopic (exact) mass is 369 g/mol. The van der Waals surface area contributed by atoms with Gasteiger partial charge in [0.15, 0.2) is 23.3 Å². The number of hydrogen-bond donors (Lipinski definition) is 1. The van der Waals surface area contributed by atoms with Crippen molar-refractivity contribution in [1.82, 2.24) is 20.4 Å². The first-order valence-electron chi connectivity index (χ1n) is 7.01. The highest BCUT2D eigenvalue weighted by molar-refractivity contribution is 5.83. The van der Waals surface area contributed by atoms with Gasteiger partial charge in [0.05, 0.1) is 17.3 Å². The molecule has 6 nitrogen and oxygen atoms in total. The summed E-state index contributed by atoms with van der Waals surface area (Å²) in [6.45, 7) is -0.324. The molecule has 2 aromatic carbocycles. The molecule has 0 aliphatic carbocycles. The molecule has 0 aliphatic rings. The second-order valence-corrected chi connectivity index (χ2v) is 5.01. The molecule has 26 heavy (non-hydrogen) atoms. The van der Waals surface area contributed by atoms with Crippen LogP contribution in [0.2, 0.25) is 0 Å². The Hall–Kier alpha value is -3.37. The van der Waals surface area contributed by atoms with E-state index in [-0.39, 0.29) is 6.54 Å². The van der Waals surface area contributed by atoms with Gasteiger partial charge in [0, 0.05) is 0 Å². The van der Waals surface area contributed by atoms with Crippen LogP contribution in [-0.2, 0) is 11.3 Å². The summed E-state index contributed by atoms with van der Waals surface area (Å²) in [6, 6.07) is 6.79. The Balaban J connectivity index is 1.74. The summed E-state index contributed by atoms with van der Waals surface area (Å²) in [5.41, 5.74) is 1.75. The number of fused-ring (bicyclic) bond motifs is 1. The largest absolute Gasteiger partial charge is 0.271 e. The number of halogens is 5. The molecule has 0 saturated carbocycles. The van der Waals surface area contributed by atoms with Gasteiger partial charge in [-0.2, -0.15) is 5.10 Å². The minimum Gasteiger partial charge on any atom is -0.271 e. The van der Waals surface area contributed by atoms with Crippen LogP contribution in [0, 0.1) is 29.1 Å². The summed E-state index contributed by atoms with van der Waals surface area (Å²) in [5.74, 6) is -11.3. The quantitative estimate of drug-likeness (QED) is 0.252. The molecule has 1 N–H and O–H groups in total. The third-order valence-corrected chi connectivity index (χ3v) is 3.34. The number of nitrogens with zero attached hydrogens (tertiary/aromatic N) is 4. The molecule has 0 spiro atoms. The summed E-state index contributed by atoms with van der Waals surface area (Å²) in [4.78, 5) is 11.8. The van der Waals surface area contributed by atoms with Gasteiger partial charge in [0.25, 0.3) is 5.91 Å². The zero-order valence-electron chi connectivity index (χ0n) is 12.7. The van der Waals surface area contributed by atoms with E-state index in [0.29, 0.717) is 17.2 Å². The third kappa shape index (κ3) is 3.10. The number of benzene rings is 2. The second-order valence-electron chi connectivity index (χ2n) is 5.01. The summed E-state index contributed by atoms with van der Waals surface area (Å²) in [6.07, 6.45) is 0.327. The Morgan fingerprint density at radius 1 is 1.04 bits per heavy atom. The molecule has 3 rings (SSSR count). The standard InChI is InChI=1S/C15H8F5N5O/c16-11-7(12(17)14(19)15(20)13(11)18)5-21-23-10(26)6-25-9-4-2-1-3-8(9)22-24-25/h1-5H,6H2,(H,23,26)/b21-5+. The highest BCUT2D eigenvalue weighted by Crippen LogP contribution is 2.21. The number of nitrogens with one attached hydrogen (secondary N) is 1. The first kappa shape index (κ1) is 17.5. The molecule has 3 aromatic rings. The van der Waals surface area contributed by atoms with Gasteiger partial charge in [-0.15, -0.1) is 5.10 Å². The van der Waals surface area contributed by atoms with Crippen molar-refractivity contribution in [3.8, 4) is 0 Å². The maximum Gasteiger partial charge on any atom is 0.261 e. The van der Waals surface area contributed by atoms with Gasteiger partial charge in [-0.05, 0) is 12.1 Å². The van der Waals surface area contributed by atoms with Crippen molar-refractivity contribution in [3.05, 3.63) is 58.9 Å². The van der Waals surface area contributed by atoms with Crippen molar-refractivity contribution in [2.24, 2.45) is 5.10 Å². The molecule has 11 heteroatoms. The Morgan fingerprint density at radius 2 is 1.65 bits per heavy atom. The molecule has 0 radical (unpaired) electrons. The van der Waals surface area contributed by atoms with Crippen molar-refractivity contribution < 1.29 is 26.7 Å². The molecule has 0 fully saturated rings. The lowest BCUT2D eigenvalue weighted by Gasteiger charge is -2.04. The molecule has 1 heterocycles. The fourth-order valence-corrected chi connectivity index (χ4v) is 2.11. The van der Waals surface area contributed by atoms with Gasteiger partial charge >= 0.3 is 0 Å². The van der Waals surface area contributed by atoms with Crippen LogP contribution in [0.15, 0.2) is 29.4 Å². The lowest BCUT2D eigenvalue weighted by molar-refractivity contribution is -0.121. The average molecular weight is 369 g/mol. The van der Waals surface area contributed by atoms with Crippen LogP contribution in [0.5, 0.6) is 0 Å². The van der Waals surface area contributed by atoms with Crippen LogP contribution in [0.1, 0.15) is 5.56 Å². The smallest absolute Gasteiger partial charge is 0.261 e. The lowest BCUT2D eigenvalue weighted by atomic mass is 10.2. The molecule has 1 aromatic heterocycles. The van der Waals surface area contributed by atoms with Crippen LogP contribution < -0.4 is 5.43 Å². The van der Waals surface area contributed by atoms with Crippen LogP contribution in [0.25, 0.3) is 11.0 Å². The number of hydrogen-bond acceptors (Lipinski definition) is 4. The van der Waals surface area contributed by atoms with Gasteiger partial charge < -0.3 is 0 Å². The van der Waals surface area contributed by atoms with Gasteiger partial charge in [-0.3, -0.25) is 4.79 Å². The predicted octanol–water partition coefficient (Wildman–Crippen LogP) is 2.28. The van der Waals surface area contributed by atoms with E-state index in [2.05, 4.69) is 15.4 Å². The first-order chi connectivity index (χ1) is 12.4. The van der Waals surface area contributed by atoms with Crippen molar-refractivity contribution >= 4 is 23.2 Å². The predicted molar refractivity (Wildman–Crippen MR) is 79.5 cm³/mol. The van der Waals surface area contributed by atoms with E-state index >= 15 is 0 Å². The highest BCUT2D eigenvalue weighted by Gasteiger charge is 2.24. The minimum atomic E-state index is -2.28. The fourth-order valence-electron chi connectivity index (χ4n) is 2.11. The number of carbonyl (C=O) groups is 1. The van der Waals surface area contributed by atoms with Crippen LogP contribution in [-0.4, -0.2) is 27.1 Å². The Labute approximate surface area is 141 Å². The van der Waals surface area contributed by atoms with Crippen molar-refractivity contribution in [2.75, 3.05) is 0 Å². The molecule has 0 unspecified atom stereocenters. The number of amides is 1. The van der Waals surface area contributed by atoms with Gasteiger partial charge in [-0.25, -0.2) is 32.1 Å². The van der Waals surface area contributed by atoms with Gasteiger partial charge in [0.1, 0.15) is 12.1 Å². The summed E-state index contributed by atoms with van der Waals surface area (Å²) in [7, 11) is 0. The summed E-state index contributed by atoms with van der Waals surface area (Å²) in [5, 5.41) is 10.8. The topological polar surface area (TPSA) is 72.2 Å². The maximum atomic E-state index is 13.5. The molecular weight excluding hydrogens is 361 g/mol. The van der Waals surface area contributed by atoms with Crippen LogP contribution >= 0.6 is 0 Å². The molecule has 0 atom stereocenters. The molecule has 0 bridgehead atoms. The molecule has 134 valence electrons. The van der Waals surface area contributed by atoms with E-state index in [1.807, 2.05) is 5.43 Å². The van der Waals surface area contributed by atoms with Crippen LogP contribution in [0.4, 0.5) is 22.0 Å². The van der Waals surface area contributed by atoms with Crippen molar-refractivity contribution in [1.29, 1.82) is 0 Å². The normalized spacial score (nSPS) is 11.4. The molecule has 0 saturated heterocycles. The van der Waals surface area contributed by atoms with E-state index in [4.69, 9.17) is 0 Å². The van der Waals surface area contributed by atoms with Crippen LogP contribution in [0.3, 0.4) is 0 Å². The fraction of sp³-hybridized carbons (Fsp3) is 0.0667. The highest BCUT2D eigenvalue weighted by atomic mass is 19.2. The Morgan fingerprint density at radius 3 is 2.35 bits per heavy atom. The second kappa shape index (κ2) is 6.86. The maximum absolute atomic E-state index is 13.5. The van der Waals surface area contributed by atoms with E-state index in [1.54, 1.807) is 24.3 Å². The minimum absolute atomic E-state index is 0.324. The zero-order chi connectivity index (χ0) is 18.8. The average Bonchev–Trinajstić information content (AvgIpc) is 3.04. The lowest BCUT2D eigenvalue weighted by Crippen LogP contribution is -2.24.